The Morgan fingerprint density at radius 1 is 1.32 bits per heavy atom. The van der Waals surface area contributed by atoms with Crippen molar-refractivity contribution in [1.82, 2.24) is 5.32 Å². The molecule has 0 bridgehead atoms. The average Bonchev–Trinajstić information content (AvgIpc) is 2.39. The quantitative estimate of drug-likeness (QED) is 0.905. The molecule has 1 fully saturated rings. The van der Waals surface area contributed by atoms with E-state index in [1.165, 1.54) is 12.1 Å². The van der Waals surface area contributed by atoms with Gasteiger partial charge in [-0.1, -0.05) is 12.1 Å². The molecule has 1 aliphatic carbocycles. The Hall–Kier alpha value is -1.71. The number of hydrogen-bond donors (Lipinski definition) is 1. The molecule has 0 aliphatic heterocycles. The van der Waals surface area contributed by atoms with Gasteiger partial charge in [0.05, 0.1) is 0 Å². The minimum atomic E-state index is -0.255. The van der Waals surface area contributed by atoms with Crippen molar-refractivity contribution >= 4 is 11.7 Å². The lowest BCUT2D eigenvalue weighted by Gasteiger charge is -2.20. The van der Waals surface area contributed by atoms with Crippen LogP contribution in [0.3, 0.4) is 0 Å². The molecule has 19 heavy (non-hydrogen) atoms. The van der Waals surface area contributed by atoms with Crippen molar-refractivity contribution in [2.45, 2.75) is 32.1 Å². The predicted molar refractivity (Wildman–Crippen MR) is 70.1 cm³/mol. The number of rotatable bonds is 4. The second-order valence-electron chi connectivity index (χ2n) is 4.98. The van der Waals surface area contributed by atoms with E-state index in [0.717, 1.165) is 5.56 Å². The SMILES string of the molecule is O=C1CCC(C(=O)NCCc2cccc(F)c2)CC1. The molecular weight excluding hydrogens is 245 g/mol. The lowest BCUT2D eigenvalue weighted by atomic mass is 9.88. The molecule has 0 heterocycles. The Bertz CT molecular complexity index is 463. The molecule has 0 saturated heterocycles. The Kier molecular flexibility index (Phi) is 4.66. The molecule has 1 aromatic rings. The standard InChI is InChI=1S/C15H18FNO2/c16-13-3-1-2-11(10-13)8-9-17-15(19)12-4-6-14(18)7-5-12/h1-3,10,12H,4-9H2,(H,17,19). The number of ketones is 1. The topological polar surface area (TPSA) is 46.2 Å². The summed E-state index contributed by atoms with van der Waals surface area (Å²) in [4.78, 5) is 23.0. The van der Waals surface area contributed by atoms with Crippen LogP contribution in [0.15, 0.2) is 24.3 Å². The molecule has 1 saturated carbocycles. The van der Waals surface area contributed by atoms with Gasteiger partial charge in [-0.05, 0) is 37.0 Å². The number of hydrogen-bond acceptors (Lipinski definition) is 2. The molecule has 0 radical (unpaired) electrons. The lowest BCUT2D eigenvalue weighted by molar-refractivity contribution is -0.128. The molecule has 1 N–H and O–H groups in total. The maximum atomic E-state index is 13.0. The lowest BCUT2D eigenvalue weighted by Crippen LogP contribution is -2.34. The zero-order chi connectivity index (χ0) is 13.7. The minimum Gasteiger partial charge on any atom is -0.356 e. The summed E-state index contributed by atoms with van der Waals surface area (Å²) in [7, 11) is 0. The van der Waals surface area contributed by atoms with Gasteiger partial charge in [0.2, 0.25) is 5.91 Å². The van der Waals surface area contributed by atoms with Crippen molar-refractivity contribution in [3.05, 3.63) is 35.6 Å². The van der Waals surface area contributed by atoms with E-state index in [2.05, 4.69) is 5.32 Å². The third-order valence-electron chi connectivity index (χ3n) is 3.52. The van der Waals surface area contributed by atoms with Gasteiger partial charge in [-0.15, -0.1) is 0 Å². The number of amides is 1. The summed E-state index contributed by atoms with van der Waals surface area (Å²) in [6.45, 7) is 0.507. The first-order valence-corrected chi connectivity index (χ1v) is 6.69. The second kappa shape index (κ2) is 6.45. The summed E-state index contributed by atoms with van der Waals surface area (Å²) in [5.74, 6) is -0.0208. The number of carbonyl (C=O) groups is 2. The largest absolute Gasteiger partial charge is 0.356 e. The molecule has 1 aliphatic rings. The van der Waals surface area contributed by atoms with Crippen LogP contribution in [0.5, 0.6) is 0 Å². The molecule has 3 nitrogen and oxygen atoms in total. The van der Waals surface area contributed by atoms with Crippen LogP contribution in [0.25, 0.3) is 0 Å². The van der Waals surface area contributed by atoms with Crippen LogP contribution in [-0.4, -0.2) is 18.2 Å². The van der Waals surface area contributed by atoms with Gasteiger partial charge in [-0.3, -0.25) is 9.59 Å². The predicted octanol–water partition coefficient (Wildman–Crippen LogP) is 2.24. The maximum absolute atomic E-state index is 13.0. The van der Waals surface area contributed by atoms with E-state index in [9.17, 15) is 14.0 Å². The van der Waals surface area contributed by atoms with Crippen molar-refractivity contribution < 1.29 is 14.0 Å². The molecule has 1 aromatic carbocycles. The number of halogens is 1. The molecule has 2 rings (SSSR count). The fourth-order valence-electron chi connectivity index (χ4n) is 2.37. The van der Waals surface area contributed by atoms with Gasteiger partial charge in [0.1, 0.15) is 11.6 Å². The summed E-state index contributed by atoms with van der Waals surface area (Å²) < 4.78 is 13.0. The highest BCUT2D eigenvalue weighted by molar-refractivity contribution is 5.84. The zero-order valence-electron chi connectivity index (χ0n) is 10.8. The molecule has 102 valence electrons. The first-order valence-electron chi connectivity index (χ1n) is 6.69. The molecular formula is C15H18FNO2. The number of benzene rings is 1. The highest BCUT2D eigenvalue weighted by Crippen LogP contribution is 2.21. The van der Waals surface area contributed by atoms with Gasteiger partial charge in [-0.2, -0.15) is 0 Å². The van der Waals surface area contributed by atoms with E-state index in [1.807, 2.05) is 6.07 Å². The fraction of sp³-hybridized carbons (Fsp3) is 0.467. The molecule has 1 amide bonds. The van der Waals surface area contributed by atoms with Crippen LogP contribution < -0.4 is 5.32 Å². The second-order valence-corrected chi connectivity index (χ2v) is 4.98. The van der Waals surface area contributed by atoms with E-state index < -0.39 is 0 Å². The van der Waals surface area contributed by atoms with E-state index >= 15 is 0 Å². The first kappa shape index (κ1) is 13.7. The normalized spacial score (nSPS) is 16.4. The molecule has 4 heteroatoms. The minimum absolute atomic E-state index is 0.0175. The fourth-order valence-corrected chi connectivity index (χ4v) is 2.37. The van der Waals surface area contributed by atoms with Crippen LogP contribution in [0.1, 0.15) is 31.2 Å². The molecule has 0 spiro atoms. The molecule has 0 aromatic heterocycles. The van der Waals surface area contributed by atoms with Crippen molar-refractivity contribution in [2.75, 3.05) is 6.54 Å². The molecule has 0 unspecified atom stereocenters. The van der Waals surface area contributed by atoms with Crippen molar-refractivity contribution in [3.63, 3.8) is 0 Å². The number of Topliss-reactive ketones (excluding diaryl/α,β-unsaturated/α-hetero) is 1. The van der Waals surface area contributed by atoms with Gasteiger partial charge in [0.15, 0.2) is 0 Å². The van der Waals surface area contributed by atoms with Gasteiger partial charge in [0.25, 0.3) is 0 Å². The van der Waals surface area contributed by atoms with E-state index in [-0.39, 0.29) is 23.4 Å². The smallest absolute Gasteiger partial charge is 0.223 e. The van der Waals surface area contributed by atoms with E-state index in [4.69, 9.17) is 0 Å². The third kappa shape index (κ3) is 4.16. The molecule has 0 atom stereocenters. The zero-order valence-corrected chi connectivity index (χ0v) is 10.8. The van der Waals surface area contributed by atoms with Crippen LogP contribution in [-0.2, 0) is 16.0 Å². The van der Waals surface area contributed by atoms with Crippen molar-refractivity contribution in [2.24, 2.45) is 5.92 Å². The Morgan fingerprint density at radius 2 is 2.05 bits per heavy atom. The first-order chi connectivity index (χ1) is 9.15. The maximum Gasteiger partial charge on any atom is 0.223 e. The van der Waals surface area contributed by atoms with Gasteiger partial charge in [-0.25, -0.2) is 4.39 Å². The summed E-state index contributed by atoms with van der Waals surface area (Å²) in [6, 6.07) is 6.39. The summed E-state index contributed by atoms with van der Waals surface area (Å²) in [5, 5.41) is 2.86. The highest BCUT2D eigenvalue weighted by atomic mass is 19.1. The van der Waals surface area contributed by atoms with Crippen molar-refractivity contribution in [1.29, 1.82) is 0 Å². The van der Waals surface area contributed by atoms with Gasteiger partial charge >= 0.3 is 0 Å². The van der Waals surface area contributed by atoms with Crippen molar-refractivity contribution in [3.8, 4) is 0 Å². The number of carbonyl (C=O) groups excluding carboxylic acids is 2. The Labute approximate surface area is 112 Å². The highest BCUT2D eigenvalue weighted by Gasteiger charge is 2.24. The van der Waals surface area contributed by atoms with Crippen LogP contribution in [0.2, 0.25) is 0 Å². The van der Waals surface area contributed by atoms with Gasteiger partial charge in [0, 0.05) is 25.3 Å². The summed E-state index contributed by atoms with van der Waals surface area (Å²) >= 11 is 0. The third-order valence-corrected chi connectivity index (χ3v) is 3.52. The van der Waals surface area contributed by atoms with Crippen LogP contribution >= 0.6 is 0 Å². The summed E-state index contributed by atoms with van der Waals surface area (Å²) in [5.41, 5.74) is 0.874. The van der Waals surface area contributed by atoms with Gasteiger partial charge < -0.3 is 5.32 Å². The monoisotopic (exact) mass is 263 g/mol. The van der Waals surface area contributed by atoms with Crippen LogP contribution in [0.4, 0.5) is 4.39 Å². The van der Waals surface area contributed by atoms with Crippen LogP contribution in [0, 0.1) is 11.7 Å². The van der Waals surface area contributed by atoms with E-state index in [1.54, 1.807) is 6.07 Å². The Morgan fingerprint density at radius 3 is 2.74 bits per heavy atom. The summed E-state index contributed by atoms with van der Waals surface area (Å²) in [6.07, 6.45) is 2.97. The number of nitrogens with one attached hydrogen (secondary N) is 1. The van der Waals surface area contributed by atoms with E-state index in [0.29, 0.717) is 38.6 Å². The Balaban J connectivity index is 1.73. The average molecular weight is 263 g/mol.